The van der Waals surface area contributed by atoms with Gasteiger partial charge >= 0.3 is 6.08 Å². The van der Waals surface area contributed by atoms with Crippen molar-refractivity contribution >= 4 is 0 Å². The molecule has 0 aliphatic heterocycles. The summed E-state index contributed by atoms with van der Waals surface area (Å²) in [6, 6.07) is 0. The van der Waals surface area contributed by atoms with Crippen LogP contribution >= 0.6 is 0 Å². The van der Waals surface area contributed by atoms with Crippen LogP contribution in [0.2, 0.25) is 0 Å². The van der Waals surface area contributed by atoms with Crippen LogP contribution in [0.5, 0.6) is 6.08 Å². The Balaban J connectivity index is 2.24. The van der Waals surface area contributed by atoms with Crippen LogP contribution in [0.15, 0.2) is 10.7 Å². The summed E-state index contributed by atoms with van der Waals surface area (Å²) in [4.78, 5) is 6.52. The van der Waals surface area contributed by atoms with Gasteiger partial charge in [-0.05, 0) is 19.6 Å². The first-order chi connectivity index (χ1) is 8.30. The quantitative estimate of drug-likeness (QED) is 0.710. The molecule has 0 spiro atoms. The van der Waals surface area contributed by atoms with Crippen molar-refractivity contribution in [1.82, 2.24) is 15.2 Å². The Bertz CT molecular complexity index is 298. The SMILES string of the molecule is CCNCc1coc(OCCN(CC)CC)n1. The van der Waals surface area contributed by atoms with E-state index >= 15 is 0 Å². The first-order valence-electron chi connectivity index (χ1n) is 6.30. The normalized spacial score (nSPS) is 11.1. The van der Waals surface area contributed by atoms with Crippen LogP contribution < -0.4 is 10.1 Å². The molecule has 5 heteroatoms. The number of oxazole rings is 1. The Labute approximate surface area is 103 Å². The van der Waals surface area contributed by atoms with E-state index in [1.807, 2.05) is 0 Å². The predicted octanol–water partition coefficient (Wildman–Crippen LogP) is 1.50. The zero-order chi connectivity index (χ0) is 12.5. The lowest BCUT2D eigenvalue weighted by atomic mass is 10.5. The number of ether oxygens (including phenoxy) is 1. The fourth-order valence-corrected chi connectivity index (χ4v) is 1.49. The zero-order valence-corrected chi connectivity index (χ0v) is 11.0. The smallest absolute Gasteiger partial charge is 0.393 e. The van der Waals surface area contributed by atoms with Crippen molar-refractivity contribution in [3.63, 3.8) is 0 Å². The second kappa shape index (κ2) is 8.08. The van der Waals surface area contributed by atoms with Gasteiger partial charge in [-0.25, -0.2) is 0 Å². The Kier molecular flexibility index (Phi) is 6.65. The van der Waals surface area contributed by atoms with Crippen molar-refractivity contribution in [3.05, 3.63) is 12.0 Å². The second-order valence-corrected chi connectivity index (χ2v) is 3.76. The highest BCUT2D eigenvalue weighted by Crippen LogP contribution is 2.09. The molecule has 98 valence electrons. The van der Waals surface area contributed by atoms with Gasteiger partial charge in [0.15, 0.2) is 0 Å². The molecule has 1 aromatic rings. The third-order valence-corrected chi connectivity index (χ3v) is 2.61. The summed E-state index contributed by atoms with van der Waals surface area (Å²) >= 11 is 0. The summed E-state index contributed by atoms with van der Waals surface area (Å²) in [6.45, 7) is 11.6. The first-order valence-corrected chi connectivity index (χ1v) is 6.30. The van der Waals surface area contributed by atoms with Crippen LogP contribution in [0.1, 0.15) is 26.5 Å². The fraction of sp³-hybridized carbons (Fsp3) is 0.750. The number of aromatic nitrogens is 1. The molecule has 0 unspecified atom stereocenters. The van der Waals surface area contributed by atoms with Gasteiger partial charge in [0.1, 0.15) is 12.9 Å². The Morgan fingerprint density at radius 1 is 1.35 bits per heavy atom. The molecule has 17 heavy (non-hydrogen) atoms. The van der Waals surface area contributed by atoms with Crippen molar-refractivity contribution in [2.24, 2.45) is 0 Å². The summed E-state index contributed by atoms with van der Waals surface area (Å²) in [6.07, 6.45) is 2.00. The molecule has 1 heterocycles. The molecule has 0 atom stereocenters. The fourth-order valence-electron chi connectivity index (χ4n) is 1.49. The van der Waals surface area contributed by atoms with Crippen LogP contribution in [-0.2, 0) is 6.54 Å². The molecule has 0 fully saturated rings. The van der Waals surface area contributed by atoms with Gasteiger partial charge in [-0.3, -0.25) is 0 Å². The van der Waals surface area contributed by atoms with Crippen LogP contribution in [0, 0.1) is 0 Å². The van der Waals surface area contributed by atoms with Crippen molar-refractivity contribution in [1.29, 1.82) is 0 Å². The number of rotatable bonds is 9. The summed E-state index contributed by atoms with van der Waals surface area (Å²) in [5, 5.41) is 3.18. The van der Waals surface area contributed by atoms with Crippen LogP contribution in [0.3, 0.4) is 0 Å². The maximum atomic E-state index is 5.45. The van der Waals surface area contributed by atoms with Gasteiger partial charge in [0, 0.05) is 13.1 Å². The molecule has 0 amide bonds. The van der Waals surface area contributed by atoms with Gasteiger partial charge in [-0.1, -0.05) is 20.8 Å². The van der Waals surface area contributed by atoms with E-state index in [1.165, 1.54) is 0 Å². The zero-order valence-electron chi connectivity index (χ0n) is 11.0. The topological polar surface area (TPSA) is 50.5 Å². The minimum Gasteiger partial charge on any atom is -0.449 e. The summed E-state index contributed by atoms with van der Waals surface area (Å²) < 4.78 is 10.7. The van der Waals surface area contributed by atoms with Crippen molar-refractivity contribution < 1.29 is 9.15 Å². The van der Waals surface area contributed by atoms with E-state index in [9.17, 15) is 0 Å². The summed E-state index contributed by atoms with van der Waals surface area (Å²) in [7, 11) is 0. The Hall–Kier alpha value is -1.07. The van der Waals surface area contributed by atoms with Crippen molar-refractivity contribution in [2.45, 2.75) is 27.3 Å². The van der Waals surface area contributed by atoms with Crippen LogP contribution in [0.25, 0.3) is 0 Å². The molecule has 0 aliphatic carbocycles. The van der Waals surface area contributed by atoms with Crippen LogP contribution in [0.4, 0.5) is 0 Å². The molecule has 5 nitrogen and oxygen atoms in total. The van der Waals surface area contributed by atoms with Gasteiger partial charge < -0.3 is 19.4 Å². The standard InChI is InChI=1S/C12H23N3O2/c1-4-13-9-11-10-17-12(14-11)16-8-7-15(5-2)6-3/h10,13H,4-9H2,1-3H3. The molecule has 1 N–H and O–H groups in total. The maximum absolute atomic E-state index is 5.45. The predicted molar refractivity (Wildman–Crippen MR) is 67.2 cm³/mol. The van der Waals surface area contributed by atoms with Gasteiger partial charge in [-0.15, -0.1) is 0 Å². The Morgan fingerprint density at radius 2 is 2.12 bits per heavy atom. The molecule has 1 rings (SSSR count). The van der Waals surface area contributed by atoms with Gasteiger partial charge in [-0.2, -0.15) is 4.98 Å². The number of hydrogen-bond donors (Lipinski definition) is 1. The molecular formula is C12H23N3O2. The lowest BCUT2D eigenvalue weighted by Crippen LogP contribution is -2.27. The van der Waals surface area contributed by atoms with E-state index < -0.39 is 0 Å². The minimum atomic E-state index is 0.366. The van der Waals surface area contributed by atoms with Gasteiger partial charge in [0.05, 0.1) is 5.69 Å². The average molecular weight is 241 g/mol. The van der Waals surface area contributed by atoms with E-state index in [1.54, 1.807) is 6.26 Å². The Morgan fingerprint density at radius 3 is 2.76 bits per heavy atom. The summed E-state index contributed by atoms with van der Waals surface area (Å²) in [5.74, 6) is 0. The maximum Gasteiger partial charge on any atom is 0.393 e. The second-order valence-electron chi connectivity index (χ2n) is 3.76. The highest BCUT2D eigenvalue weighted by Gasteiger charge is 2.05. The van der Waals surface area contributed by atoms with Crippen molar-refractivity contribution in [2.75, 3.05) is 32.8 Å². The molecule has 0 saturated heterocycles. The highest BCUT2D eigenvalue weighted by molar-refractivity contribution is 4.99. The van der Waals surface area contributed by atoms with E-state index in [0.29, 0.717) is 12.7 Å². The first kappa shape index (κ1) is 14.0. The molecule has 0 radical (unpaired) electrons. The van der Waals surface area contributed by atoms with Gasteiger partial charge in [0.2, 0.25) is 0 Å². The molecule has 1 aromatic heterocycles. The molecule has 0 saturated carbocycles. The van der Waals surface area contributed by atoms with Crippen LogP contribution in [-0.4, -0.2) is 42.7 Å². The average Bonchev–Trinajstić information content (AvgIpc) is 2.80. The molecule has 0 aromatic carbocycles. The lowest BCUT2D eigenvalue weighted by Gasteiger charge is -2.16. The third kappa shape index (κ3) is 5.19. The number of nitrogens with zero attached hydrogens (tertiary/aromatic N) is 2. The number of likely N-dealkylation sites (N-methyl/N-ethyl adjacent to an activating group) is 1. The highest BCUT2D eigenvalue weighted by atomic mass is 16.6. The lowest BCUT2D eigenvalue weighted by molar-refractivity contribution is 0.183. The van der Waals surface area contributed by atoms with E-state index in [0.717, 1.165) is 38.4 Å². The number of nitrogens with one attached hydrogen (secondary N) is 1. The summed E-state index contributed by atoms with van der Waals surface area (Å²) in [5.41, 5.74) is 0.879. The minimum absolute atomic E-state index is 0.366. The molecular weight excluding hydrogens is 218 g/mol. The third-order valence-electron chi connectivity index (χ3n) is 2.61. The monoisotopic (exact) mass is 241 g/mol. The molecule has 0 bridgehead atoms. The largest absolute Gasteiger partial charge is 0.449 e. The van der Waals surface area contributed by atoms with E-state index in [2.05, 4.69) is 36.0 Å². The van der Waals surface area contributed by atoms with E-state index in [4.69, 9.17) is 9.15 Å². The van der Waals surface area contributed by atoms with E-state index in [-0.39, 0.29) is 0 Å². The van der Waals surface area contributed by atoms with Gasteiger partial charge in [0.25, 0.3) is 0 Å². The van der Waals surface area contributed by atoms with Crippen molar-refractivity contribution in [3.8, 4) is 6.08 Å². The number of hydrogen-bond acceptors (Lipinski definition) is 5. The molecule has 0 aliphatic rings.